The van der Waals surface area contributed by atoms with Gasteiger partial charge in [0.05, 0.1) is 43.7 Å². The molecule has 1 amide bonds. The van der Waals surface area contributed by atoms with E-state index < -0.39 is 30.2 Å². The van der Waals surface area contributed by atoms with Gasteiger partial charge in [-0.05, 0) is 53.6 Å². The summed E-state index contributed by atoms with van der Waals surface area (Å²) in [5, 5.41) is 0.117. The number of morpholine rings is 1. The number of primary amides is 1. The zero-order valence-electron chi connectivity index (χ0n) is 18.8. The number of nitrogens with two attached hydrogens (primary N) is 1. The number of hydrogen-bond acceptors (Lipinski definition) is 5. The summed E-state index contributed by atoms with van der Waals surface area (Å²) in [6, 6.07) is 12.6. The van der Waals surface area contributed by atoms with Gasteiger partial charge in [0, 0.05) is 12.1 Å². The Kier molecular flexibility index (Phi) is 7.59. The molecule has 0 radical (unpaired) electrons. The highest BCUT2D eigenvalue weighted by molar-refractivity contribution is 6.29. The van der Waals surface area contributed by atoms with Gasteiger partial charge in [-0.15, -0.1) is 0 Å². The smallest absolute Gasteiger partial charge is 0.256 e. The van der Waals surface area contributed by atoms with E-state index in [0.29, 0.717) is 22.6 Å². The molecule has 1 aromatic heterocycles. The molecule has 0 bridgehead atoms. The molecule has 1 saturated heterocycles. The van der Waals surface area contributed by atoms with Gasteiger partial charge in [0.15, 0.2) is 0 Å². The lowest BCUT2D eigenvalue weighted by atomic mass is 9.99. The Hall–Kier alpha value is -3.14. The number of carbonyl (C=O) groups excluding carboxylic acids is 1. The van der Waals surface area contributed by atoms with Crippen LogP contribution in [-0.2, 0) is 11.3 Å². The quantitative estimate of drug-likeness (QED) is 0.464. The van der Waals surface area contributed by atoms with Gasteiger partial charge in [0.2, 0.25) is 0 Å². The molecule has 0 spiro atoms. The number of amides is 1. The van der Waals surface area contributed by atoms with Crippen molar-refractivity contribution in [1.82, 2.24) is 9.88 Å². The third kappa shape index (κ3) is 5.58. The van der Waals surface area contributed by atoms with E-state index in [9.17, 15) is 18.0 Å². The zero-order chi connectivity index (χ0) is 25.1. The number of hydrogen-bond donors (Lipinski definition) is 1. The van der Waals surface area contributed by atoms with Crippen molar-refractivity contribution in [1.29, 1.82) is 0 Å². The van der Waals surface area contributed by atoms with Gasteiger partial charge in [0.1, 0.15) is 16.7 Å². The summed E-state index contributed by atoms with van der Waals surface area (Å²) in [7, 11) is 1.55. The van der Waals surface area contributed by atoms with Crippen molar-refractivity contribution >= 4 is 17.5 Å². The maximum Gasteiger partial charge on any atom is 0.256 e. The van der Waals surface area contributed by atoms with Crippen molar-refractivity contribution in [3.8, 4) is 17.0 Å². The van der Waals surface area contributed by atoms with Gasteiger partial charge in [-0.1, -0.05) is 23.7 Å². The first kappa shape index (κ1) is 25.0. The van der Waals surface area contributed by atoms with Crippen LogP contribution in [0.25, 0.3) is 11.3 Å². The van der Waals surface area contributed by atoms with Crippen LogP contribution >= 0.6 is 11.6 Å². The fourth-order valence-corrected chi connectivity index (χ4v) is 4.34. The minimum atomic E-state index is -2.64. The lowest BCUT2D eigenvalue weighted by molar-refractivity contribution is -0.106. The second-order valence-electron chi connectivity index (χ2n) is 8.14. The van der Waals surface area contributed by atoms with Crippen LogP contribution in [0, 0.1) is 5.82 Å². The monoisotopic (exact) mass is 505 g/mol. The Morgan fingerprint density at radius 1 is 1.20 bits per heavy atom. The predicted molar refractivity (Wildman–Crippen MR) is 125 cm³/mol. The number of benzene rings is 2. The molecule has 1 aliphatic rings. The third-order valence-corrected chi connectivity index (χ3v) is 6.13. The molecule has 35 heavy (non-hydrogen) atoms. The summed E-state index contributed by atoms with van der Waals surface area (Å²) in [5.41, 5.74) is 7.16. The molecule has 4 rings (SSSR count). The van der Waals surface area contributed by atoms with Gasteiger partial charge >= 0.3 is 0 Å². The molecule has 0 aliphatic carbocycles. The average molecular weight is 506 g/mol. The van der Waals surface area contributed by atoms with E-state index in [-0.39, 0.29) is 30.5 Å². The first-order valence-electron chi connectivity index (χ1n) is 10.8. The lowest BCUT2D eigenvalue weighted by Gasteiger charge is -2.42. The second kappa shape index (κ2) is 10.6. The van der Waals surface area contributed by atoms with E-state index in [1.54, 1.807) is 36.3 Å². The molecule has 2 N–H and O–H groups in total. The molecule has 6 nitrogen and oxygen atoms in total. The van der Waals surface area contributed by atoms with Crippen molar-refractivity contribution in [3.05, 3.63) is 82.3 Å². The number of ether oxygens (including phenoxy) is 2. The van der Waals surface area contributed by atoms with Crippen LogP contribution in [0.15, 0.2) is 54.6 Å². The molecule has 0 saturated carbocycles. The summed E-state index contributed by atoms with van der Waals surface area (Å²) >= 11 is 6.29. The summed E-state index contributed by atoms with van der Waals surface area (Å²) in [6.07, 6.45) is -2.64. The largest absolute Gasteiger partial charge is 0.497 e. The fraction of sp³-hybridized carbons (Fsp3) is 0.280. The van der Waals surface area contributed by atoms with Crippen LogP contribution in [0.3, 0.4) is 0 Å². The van der Waals surface area contributed by atoms with Gasteiger partial charge in [-0.25, -0.2) is 18.2 Å². The fourth-order valence-electron chi connectivity index (χ4n) is 4.13. The van der Waals surface area contributed by atoms with Crippen molar-refractivity contribution in [2.24, 2.45) is 5.73 Å². The highest BCUT2D eigenvalue weighted by Gasteiger charge is 2.38. The molecule has 0 unspecified atom stereocenters. The van der Waals surface area contributed by atoms with Gasteiger partial charge in [-0.2, -0.15) is 0 Å². The number of rotatable bonds is 7. The first-order chi connectivity index (χ1) is 16.8. The molecular weight excluding hydrogens is 483 g/mol. The maximum atomic E-state index is 14.0. The third-order valence-electron chi connectivity index (χ3n) is 5.93. The molecule has 184 valence electrons. The summed E-state index contributed by atoms with van der Waals surface area (Å²) in [6.45, 7) is 0.287. The SMILES string of the molecule is COc1ccc(CN2[C@H](c3cc(Cl)nc(-c4ccc(F)c(C(N)=O)c4)c3)COC[C@H]2C(F)F)cc1. The Morgan fingerprint density at radius 3 is 2.60 bits per heavy atom. The van der Waals surface area contributed by atoms with Crippen molar-refractivity contribution in [3.63, 3.8) is 0 Å². The van der Waals surface area contributed by atoms with E-state index in [4.69, 9.17) is 26.8 Å². The molecule has 2 atom stereocenters. The Morgan fingerprint density at radius 2 is 1.94 bits per heavy atom. The molecule has 2 aromatic carbocycles. The second-order valence-corrected chi connectivity index (χ2v) is 8.53. The molecule has 1 aliphatic heterocycles. The van der Waals surface area contributed by atoms with Gasteiger partial charge < -0.3 is 15.2 Å². The van der Waals surface area contributed by atoms with E-state index in [2.05, 4.69) is 4.98 Å². The number of carbonyl (C=O) groups is 1. The predicted octanol–water partition coefficient (Wildman–Crippen LogP) is 4.86. The van der Waals surface area contributed by atoms with Crippen molar-refractivity contribution < 1.29 is 27.4 Å². The van der Waals surface area contributed by atoms with E-state index in [1.165, 1.54) is 12.1 Å². The summed E-state index contributed by atoms with van der Waals surface area (Å²) in [4.78, 5) is 17.5. The molecule has 1 fully saturated rings. The van der Waals surface area contributed by atoms with Crippen LogP contribution < -0.4 is 10.5 Å². The van der Waals surface area contributed by atoms with E-state index >= 15 is 0 Å². The van der Waals surface area contributed by atoms with Crippen LogP contribution in [0.2, 0.25) is 5.15 Å². The Labute approximate surface area is 205 Å². The van der Waals surface area contributed by atoms with Crippen LogP contribution in [-0.4, -0.2) is 48.6 Å². The minimum Gasteiger partial charge on any atom is -0.497 e. The van der Waals surface area contributed by atoms with Crippen LogP contribution in [0.1, 0.15) is 27.5 Å². The number of alkyl halides is 2. The van der Waals surface area contributed by atoms with Gasteiger partial charge in [-0.3, -0.25) is 9.69 Å². The van der Waals surface area contributed by atoms with E-state index in [0.717, 1.165) is 11.6 Å². The number of nitrogens with zero attached hydrogens (tertiary/aromatic N) is 2. The maximum absolute atomic E-state index is 14.0. The normalized spacial score (nSPS) is 18.6. The Balaban J connectivity index is 1.72. The highest BCUT2D eigenvalue weighted by Crippen LogP contribution is 2.35. The first-order valence-corrected chi connectivity index (χ1v) is 11.2. The van der Waals surface area contributed by atoms with E-state index in [1.807, 2.05) is 12.1 Å². The van der Waals surface area contributed by atoms with Crippen LogP contribution in [0.5, 0.6) is 5.75 Å². The van der Waals surface area contributed by atoms with Crippen molar-refractivity contribution in [2.45, 2.75) is 25.1 Å². The average Bonchev–Trinajstić information content (AvgIpc) is 2.84. The zero-order valence-corrected chi connectivity index (χ0v) is 19.5. The number of aromatic nitrogens is 1. The number of pyridine rings is 1. The standard InChI is InChI=1S/C25H23ClF3N3O3/c1-34-17-5-2-14(3-6-17)11-32-21(12-35-13-22(32)24(28)29)16-9-20(31-23(26)10-16)15-4-7-19(27)18(8-15)25(30)33/h2-10,21-22,24H,11-13H2,1H3,(H2,30,33)/t21-,22-/m0/s1. The topological polar surface area (TPSA) is 77.7 Å². The molecule has 10 heteroatoms. The van der Waals surface area contributed by atoms with Crippen molar-refractivity contribution in [2.75, 3.05) is 20.3 Å². The van der Waals surface area contributed by atoms with Gasteiger partial charge in [0.25, 0.3) is 12.3 Å². The minimum absolute atomic E-state index is 0.115. The summed E-state index contributed by atoms with van der Waals surface area (Å²) in [5.74, 6) is -1.01. The number of halogens is 4. The van der Waals surface area contributed by atoms with Crippen LogP contribution in [0.4, 0.5) is 13.2 Å². The summed E-state index contributed by atoms with van der Waals surface area (Å²) < 4.78 is 52.7. The number of methoxy groups -OCH3 is 1. The molecular formula is C25H23ClF3N3O3. The molecule has 2 heterocycles. The highest BCUT2D eigenvalue weighted by atomic mass is 35.5. The lowest BCUT2D eigenvalue weighted by Crippen LogP contribution is -2.50. The molecule has 3 aromatic rings. The Bertz CT molecular complexity index is 1210.